The van der Waals surface area contributed by atoms with Gasteiger partial charge in [0.05, 0.1) is 25.2 Å². The Morgan fingerprint density at radius 3 is 2.67 bits per heavy atom. The largest absolute Gasteiger partial charge is 0.372 e. The molecule has 2 amide bonds. The molecule has 6 heteroatoms. The summed E-state index contributed by atoms with van der Waals surface area (Å²) in [4.78, 5) is 12.4. The maximum absolute atomic E-state index is 12.4. The quantitative estimate of drug-likeness (QED) is 0.784. The van der Waals surface area contributed by atoms with Crippen LogP contribution in [0.15, 0.2) is 35.0 Å². The third-order valence-electron chi connectivity index (χ3n) is 4.77. The smallest absolute Gasteiger partial charge is 0.319 e. The van der Waals surface area contributed by atoms with Gasteiger partial charge in [0.1, 0.15) is 12.2 Å². The van der Waals surface area contributed by atoms with Gasteiger partial charge in [0.2, 0.25) is 0 Å². The first kappa shape index (κ1) is 18.1. The Morgan fingerprint density at radius 2 is 1.93 bits per heavy atom. The van der Waals surface area contributed by atoms with Gasteiger partial charge in [0.15, 0.2) is 0 Å². The highest BCUT2D eigenvalue weighted by atomic mass is 32.1. The molecule has 0 radical (unpaired) electrons. The highest BCUT2D eigenvalue weighted by molar-refractivity contribution is 7.08. The number of fused-ring (bicyclic) bond motifs is 1. The zero-order valence-corrected chi connectivity index (χ0v) is 16.1. The number of hydrogen-bond acceptors (Lipinski definition) is 4. The molecule has 0 saturated carbocycles. The summed E-state index contributed by atoms with van der Waals surface area (Å²) in [5.41, 5.74) is 4.03. The van der Waals surface area contributed by atoms with Gasteiger partial charge in [-0.15, -0.1) is 0 Å². The Labute approximate surface area is 163 Å². The van der Waals surface area contributed by atoms with Crippen molar-refractivity contribution in [3.8, 4) is 11.8 Å². The van der Waals surface area contributed by atoms with Crippen molar-refractivity contribution >= 4 is 23.1 Å². The van der Waals surface area contributed by atoms with Crippen molar-refractivity contribution in [1.29, 1.82) is 0 Å². The number of rotatable bonds is 2. The molecule has 1 aromatic heterocycles. The minimum atomic E-state index is -0.245. The van der Waals surface area contributed by atoms with Crippen molar-refractivity contribution in [2.75, 3.05) is 18.5 Å². The molecule has 2 aliphatic rings. The fourth-order valence-corrected chi connectivity index (χ4v) is 4.23. The van der Waals surface area contributed by atoms with Crippen LogP contribution in [0.2, 0.25) is 0 Å². The Morgan fingerprint density at radius 1 is 1.15 bits per heavy atom. The van der Waals surface area contributed by atoms with Gasteiger partial charge in [-0.25, -0.2) is 4.79 Å². The first-order chi connectivity index (χ1) is 13.1. The number of carbonyl (C=O) groups is 1. The van der Waals surface area contributed by atoms with Gasteiger partial charge in [0, 0.05) is 16.6 Å². The van der Waals surface area contributed by atoms with Crippen LogP contribution in [-0.2, 0) is 9.47 Å². The summed E-state index contributed by atoms with van der Waals surface area (Å²) in [6.45, 7) is 4.99. The van der Waals surface area contributed by atoms with Crippen LogP contribution in [0.5, 0.6) is 0 Å². The van der Waals surface area contributed by atoms with E-state index in [0.29, 0.717) is 13.2 Å². The van der Waals surface area contributed by atoms with Crippen molar-refractivity contribution in [2.45, 2.75) is 32.1 Å². The van der Waals surface area contributed by atoms with E-state index in [1.807, 2.05) is 42.8 Å². The standard InChI is InChI=1S/C21H22N2O3S/c1-13-7-14(2)9-17(8-13)22-21(24)23-18-11-26-19-16(10-25-20(18)19)4-3-15-5-6-27-12-15/h5-9,12,16,18-20H,10-11H2,1-2H3,(H2,22,23,24)/t16-,18-,19+,20+/m0/s1. The third kappa shape index (κ3) is 4.16. The normalized spacial score (nSPS) is 26.1. The first-order valence-corrected chi connectivity index (χ1v) is 9.95. The Kier molecular flexibility index (Phi) is 5.17. The van der Waals surface area contributed by atoms with E-state index >= 15 is 0 Å². The molecule has 0 spiro atoms. The van der Waals surface area contributed by atoms with Crippen LogP contribution in [0.25, 0.3) is 0 Å². The van der Waals surface area contributed by atoms with Crippen molar-refractivity contribution < 1.29 is 14.3 Å². The van der Waals surface area contributed by atoms with Crippen LogP contribution in [0.1, 0.15) is 16.7 Å². The van der Waals surface area contributed by atoms with Crippen molar-refractivity contribution in [3.63, 3.8) is 0 Å². The van der Waals surface area contributed by atoms with E-state index in [-0.39, 0.29) is 30.2 Å². The average Bonchev–Trinajstić information content (AvgIpc) is 3.31. The monoisotopic (exact) mass is 382 g/mol. The Balaban J connectivity index is 1.35. The molecular formula is C21H22N2O3S. The number of thiophene rings is 1. The average molecular weight is 382 g/mol. The summed E-state index contributed by atoms with van der Waals surface area (Å²) < 4.78 is 11.8. The van der Waals surface area contributed by atoms with Gasteiger partial charge in [0.25, 0.3) is 0 Å². The first-order valence-electron chi connectivity index (χ1n) is 9.01. The second kappa shape index (κ2) is 7.73. The molecule has 5 nitrogen and oxygen atoms in total. The minimum absolute atomic E-state index is 0.0317. The van der Waals surface area contributed by atoms with Crippen LogP contribution >= 0.6 is 11.3 Å². The number of benzene rings is 1. The lowest BCUT2D eigenvalue weighted by molar-refractivity contribution is 0.0666. The minimum Gasteiger partial charge on any atom is -0.372 e. The molecule has 2 aliphatic heterocycles. The van der Waals surface area contributed by atoms with Crippen LogP contribution in [0.4, 0.5) is 10.5 Å². The Bertz CT molecular complexity index is 864. The number of amides is 2. The van der Waals surface area contributed by atoms with Crippen LogP contribution in [-0.4, -0.2) is 37.5 Å². The number of nitrogens with one attached hydrogen (secondary N) is 2. The zero-order valence-electron chi connectivity index (χ0n) is 15.3. The molecule has 4 atom stereocenters. The van der Waals surface area contributed by atoms with Crippen molar-refractivity contribution in [2.24, 2.45) is 5.92 Å². The highest BCUT2D eigenvalue weighted by Gasteiger charge is 2.47. The molecule has 140 valence electrons. The van der Waals surface area contributed by atoms with E-state index in [9.17, 15) is 4.79 Å². The van der Waals surface area contributed by atoms with E-state index < -0.39 is 0 Å². The molecule has 3 heterocycles. The van der Waals surface area contributed by atoms with Crippen LogP contribution < -0.4 is 10.6 Å². The van der Waals surface area contributed by atoms with Crippen molar-refractivity contribution in [1.82, 2.24) is 5.32 Å². The molecule has 0 unspecified atom stereocenters. The second-order valence-electron chi connectivity index (χ2n) is 7.07. The van der Waals surface area contributed by atoms with Gasteiger partial charge >= 0.3 is 6.03 Å². The van der Waals surface area contributed by atoms with E-state index in [0.717, 1.165) is 22.4 Å². The molecule has 1 aromatic carbocycles. The summed E-state index contributed by atoms with van der Waals surface area (Å²) >= 11 is 1.63. The lowest BCUT2D eigenvalue weighted by atomic mass is 10.0. The summed E-state index contributed by atoms with van der Waals surface area (Å²) in [6, 6.07) is 7.55. The zero-order chi connectivity index (χ0) is 18.8. The summed E-state index contributed by atoms with van der Waals surface area (Å²) in [5.74, 6) is 6.47. The van der Waals surface area contributed by atoms with E-state index in [1.165, 1.54) is 0 Å². The highest BCUT2D eigenvalue weighted by Crippen LogP contribution is 2.31. The van der Waals surface area contributed by atoms with Crippen LogP contribution in [0, 0.1) is 31.6 Å². The third-order valence-corrected chi connectivity index (χ3v) is 5.46. The molecule has 2 fully saturated rings. The van der Waals surface area contributed by atoms with E-state index in [4.69, 9.17) is 9.47 Å². The Hall–Kier alpha value is -2.33. The summed E-state index contributed by atoms with van der Waals surface area (Å²) in [7, 11) is 0. The molecule has 0 bridgehead atoms. The molecular weight excluding hydrogens is 360 g/mol. The number of aryl methyl sites for hydroxylation is 2. The molecule has 2 saturated heterocycles. The topological polar surface area (TPSA) is 59.6 Å². The number of hydrogen-bond donors (Lipinski definition) is 2. The predicted molar refractivity (Wildman–Crippen MR) is 106 cm³/mol. The maximum Gasteiger partial charge on any atom is 0.319 e. The van der Waals surface area contributed by atoms with E-state index in [1.54, 1.807) is 11.3 Å². The molecule has 4 rings (SSSR count). The number of carbonyl (C=O) groups excluding carboxylic acids is 1. The maximum atomic E-state index is 12.4. The second-order valence-corrected chi connectivity index (χ2v) is 7.85. The fraction of sp³-hybridized carbons (Fsp3) is 0.381. The van der Waals surface area contributed by atoms with E-state index in [2.05, 4.69) is 28.5 Å². The lowest BCUT2D eigenvalue weighted by Crippen LogP contribution is -2.45. The molecule has 2 aromatic rings. The van der Waals surface area contributed by atoms with Gasteiger partial charge < -0.3 is 20.1 Å². The van der Waals surface area contributed by atoms with Gasteiger partial charge in [-0.1, -0.05) is 17.9 Å². The summed E-state index contributed by atoms with van der Waals surface area (Å²) in [5, 5.41) is 9.92. The fourth-order valence-electron chi connectivity index (χ4n) is 3.64. The number of anilines is 1. The van der Waals surface area contributed by atoms with Crippen molar-refractivity contribution in [3.05, 3.63) is 51.7 Å². The number of ether oxygens (including phenoxy) is 2. The van der Waals surface area contributed by atoms with Gasteiger partial charge in [-0.3, -0.25) is 0 Å². The van der Waals surface area contributed by atoms with Gasteiger partial charge in [-0.2, -0.15) is 11.3 Å². The summed E-state index contributed by atoms with van der Waals surface area (Å²) in [6.07, 6.45) is -0.251. The SMILES string of the molecule is Cc1cc(C)cc(NC(=O)N[C@H]2CO[C@H]3[C@@H]2OC[C@@H]3C#Cc2ccsc2)c1. The molecule has 2 N–H and O–H groups in total. The van der Waals surface area contributed by atoms with Crippen LogP contribution in [0.3, 0.4) is 0 Å². The molecule has 0 aliphatic carbocycles. The predicted octanol–water partition coefficient (Wildman–Crippen LogP) is 3.32. The molecule has 27 heavy (non-hydrogen) atoms. The lowest BCUT2D eigenvalue weighted by Gasteiger charge is -2.18. The number of urea groups is 1. The van der Waals surface area contributed by atoms with Gasteiger partial charge in [-0.05, 0) is 48.6 Å².